The fourth-order valence-corrected chi connectivity index (χ4v) is 3.40. The van der Waals surface area contributed by atoms with Gasteiger partial charge in [0.25, 0.3) is 0 Å². The highest BCUT2D eigenvalue weighted by molar-refractivity contribution is 5.24. The van der Waals surface area contributed by atoms with Gasteiger partial charge in [0.2, 0.25) is 5.72 Å². The van der Waals surface area contributed by atoms with E-state index < -0.39 is 67.4 Å². The summed E-state index contributed by atoms with van der Waals surface area (Å²) in [6.07, 6.45) is -10.1. The number of nitrogen functional groups attached to an aromatic ring is 1. The Balaban J connectivity index is 2.16. The van der Waals surface area contributed by atoms with Crippen LogP contribution in [0.3, 0.4) is 0 Å². The molecular formula is C14H21N3O9. The highest BCUT2D eigenvalue weighted by Gasteiger charge is 2.64. The molecule has 0 aliphatic carbocycles. The van der Waals surface area contributed by atoms with Crippen LogP contribution in [0.15, 0.2) is 17.1 Å². The molecular weight excluding hydrogens is 354 g/mol. The Morgan fingerprint density at radius 1 is 1.23 bits per heavy atom. The van der Waals surface area contributed by atoms with E-state index in [0.717, 1.165) is 10.8 Å². The second-order valence-electron chi connectivity index (χ2n) is 6.33. The largest absolute Gasteiger partial charge is 0.394 e. The Bertz CT molecular complexity index is 715. The molecule has 0 aromatic carbocycles. The summed E-state index contributed by atoms with van der Waals surface area (Å²) in [5.74, 6) is -0.117. The number of aromatic nitrogens is 2. The number of aliphatic hydroxyl groups excluding tert-OH is 6. The Morgan fingerprint density at radius 2 is 1.92 bits per heavy atom. The monoisotopic (exact) mass is 375 g/mol. The second kappa shape index (κ2) is 6.83. The molecule has 3 heterocycles. The van der Waals surface area contributed by atoms with Crippen molar-refractivity contribution in [2.45, 2.75) is 48.5 Å². The average molecular weight is 375 g/mol. The molecule has 146 valence electrons. The Kier molecular flexibility index (Phi) is 5.02. The molecule has 1 aromatic rings. The standard InChI is InChI=1S/C14H21N3O9/c15-7-1-2-17(13(24)16-7)14(11(23)9(21)6(3-18)26-14)12-10(22)8(20)5(19)4-25-12/h1-2,5-6,8-12,18-23H,3-4H2,(H2,15,16,24)/t5-,6-,8-,9-,10+,11-,12?,14+/m1/s1. The lowest BCUT2D eigenvalue weighted by atomic mass is 9.87. The van der Waals surface area contributed by atoms with Gasteiger partial charge in [-0.05, 0) is 6.07 Å². The Morgan fingerprint density at radius 3 is 2.50 bits per heavy atom. The molecule has 0 spiro atoms. The first-order valence-electron chi connectivity index (χ1n) is 7.90. The molecule has 2 aliphatic rings. The van der Waals surface area contributed by atoms with E-state index in [1.54, 1.807) is 0 Å². The summed E-state index contributed by atoms with van der Waals surface area (Å²) in [7, 11) is 0. The van der Waals surface area contributed by atoms with Crippen molar-refractivity contribution in [3.8, 4) is 0 Å². The van der Waals surface area contributed by atoms with Crippen molar-refractivity contribution in [1.29, 1.82) is 0 Å². The van der Waals surface area contributed by atoms with Gasteiger partial charge < -0.3 is 45.8 Å². The molecule has 2 aliphatic heterocycles. The van der Waals surface area contributed by atoms with E-state index in [1.165, 1.54) is 6.07 Å². The van der Waals surface area contributed by atoms with Gasteiger partial charge in [-0.1, -0.05) is 0 Å². The predicted molar refractivity (Wildman–Crippen MR) is 82.6 cm³/mol. The first-order chi connectivity index (χ1) is 12.2. The molecule has 3 rings (SSSR count). The van der Waals surface area contributed by atoms with Crippen molar-refractivity contribution in [3.63, 3.8) is 0 Å². The zero-order chi connectivity index (χ0) is 19.2. The van der Waals surface area contributed by atoms with E-state index in [9.17, 15) is 35.4 Å². The lowest BCUT2D eigenvalue weighted by molar-refractivity contribution is -0.288. The molecule has 2 fully saturated rings. The van der Waals surface area contributed by atoms with E-state index >= 15 is 0 Å². The first kappa shape index (κ1) is 19.1. The summed E-state index contributed by atoms with van der Waals surface area (Å²) in [5.41, 5.74) is 2.25. The number of hydrogen-bond acceptors (Lipinski definition) is 11. The van der Waals surface area contributed by atoms with Crippen LogP contribution in [-0.2, 0) is 15.2 Å². The molecule has 2 saturated heterocycles. The minimum Gasteiger partial charge on any atom is -0.394 e. The minimum atomic E-state index is -2.23. The molecule has 0 radical (unpaired) electrons. The van der Waals surface area contributed by atoms with Crippen molar-refractivity contribution >= 4 is 5.82 Å². The third-order valence-corrected chi connectivity index (χ3v) is 4.76. The normalized spacial score (nSPS) is 43.5. The van der Waals surface area contributed by atoms with Crippen LogP contribution >= 0.6 is 0 Å². The predicted octanol–water partition coefficient (Wildman–Crippen LogP) is -4.93. The fourth-order valence-electron chi connectivity index (χ4n) is 3.40. The van der Waals surface area contributed by atoms with E-state index in [4.69, 9.17) is 15.2 Å². The van der Waals surface area contributed by atoms with E-state index in [-0.39, 0.29) is 5.82 Å². The summed E-state index contributed by atoms with van der Waals surface area (Å²) < 4.78 is 11.7. The van der Waals surface area contributed by atoms with Gasteiger partial charge in [0.15, 0.2) is 0 Å². The van der Waals surface area contributed by atoms with E-state index in [0.29, 0.717) is 0 Å². The number of hydrogen-bond donors (Lipinski definition) is 7. The van der Waals surface area contributed by atoms with Crippen LogP contribution in [0.4, 0.5) is 5.82 Å². The quantitative estimate of drug-likeness (QED) is 0.267. The molecule has 26 heavy (non-hydrogen) atoms. The lowest BCUT2D eigenvalue weighted by Gasteiger charge is -2.46. The van der Waals surface area contributed by atoms with Crippen LogP contribution in [0.25, 0.3) is 0 Å². The van der Waals surface area contributed by atoms with Gasteiger partial charge >= 0.3 is 5.69 Å². The summed E-state index contributed by atoms with van der Waals surface area (Å²) in [4.78, 5) is 15.9. The Labute approximate surface area is 146 Å². The van der Waals surface area contributed by atoms with Crippen LogP contribution in [0, 0.1) is 0 Å². The third-order valence-electron chi connectivity index (χ3n) is 4.76. The van der Waals surface area contributed by atoms with Crippen LogP contribution < -0.4 is 11.4 Å². The lowest BCUT2D eigenvalue weighted by Crippen LogP contribution is -2.67. The van der Waals surface area contributed by atoms with E-state index in [1.807, 2.05) is 0 Å². The summed E-state index contributed by atoms with van der Waals surface area (Å²) in [5, 5.41) is 60.2. The third kappa shape index (κ3) is 2.71. The first-order valence-corrected chi connectivity index (χ1v) is 7.90. The maximum Gasteiger partial charge on any atom is 0.352 e. The molecule has 0 saturated carbocycles. The molecule has 0 bridgehead atoms. The van der Waals surface area contributed by atoms with Crippen LogP contribution in [0.1, 0.15) is 0 Å². The number of nitrogens with two attached hydrogens (primary N) is 1. The molecule has 8 N–H and O–H groups in total. The summed E-state index contributed by atoms with van der Waals surface area (Å²) in [6, 6.07) is 1.22. The Hall–Kier alpha value is -1.64. The zero-order valence-corrected chi connectivity index (χ0v) is 13.5. The number of nitrogens with zero attached hydrogens (tertiary/aromatic N) is 2. The SMILES string of the molecule is Nc1ccn([C@]2(C3OC[C@@H](O)[C@@H](O)[C@@H]3O)O[C@H](CO)[C@@H](O)[C@H]2O)c(=O)n1. The molecule has 1 unspecified atom stereocenters. The highest BCUT2D eigenvalue weighted by atomic mass is 16.6. The van der Waals surface area contributed by atoms with Crippen LogP contribution in [0.5, 0.6) is 0 Å². The smallest absolute Gasteiger partial charge is 0.352 e. The topological polar surface area (TPSA) is 201 Å². The highest BCUT2D eigenvalue weighted by Crippen LogP contribution is 2.42. The fraction of sp³-hybridized carbons (Fsp3) is 0.714. The van der Waals surface area contributed by atoms with Crippen LogP contribution in [-0.4, -0.2) is 96.1 Å². The second-order valence-corrected chi connectivity index (χ2v) is 6.33. The van der Waals surface area contributed by atoms with Crippen LogP contribution in [0.2, 0.25) is 0 Å². The molecule has 12 nitrogen and oxygen atoms in total. The molecule has 1 aromatic heterocycles. The van der Waals surface area contributed by atoms with Crippen molar-refractivity contribution in [2.24, 2.45) is 0 Å². The zero-order valence-electron chi connectivity index (χ0n) is 13.5. The van der Waals surface area contributed by atoms with Gasteiger partial charge in [0, 0.05) is 6.20 Å². The number of rotatable bonds is 3. The van der Waals surface area contributed by atoms with Gasteiger partial charge in [-0.25, -0.2) is 4.79 Å². The van der Waals surface area contributed by atoms with Gasteiger partial charge in [0.05, 0.1) is 13.2 Å². The van der Waals surface area contributed by atoms with Gasteiger partial charge in [0.1, 0.15) is 48.5 Å². The number of aliphatic hydroxyl groups is 6. The molecule has 0 amide bonds. The van der Waals surface area contributed by atoms with Crippen molar-refractivity contribution in [1.82, 2.24) is 9.55 Å². The maximum absolute atomic E-state index is 12.4. The van der Waals surface area contributed by atoms with Crippen molar-refractivity contribution in [3.05, 3.63) is 22.7 Å². The van der Waals surface area contributed by atoms with Crippen molar-refractivity contribution in [2.75, 3.05) is 18.9 Å². The average Bonchev–Trinajstić information content (AvgIpc) is 2.85. The number of ether oxygens (including phenoxy) is 2. The van der Waals surface area contributed by atoms with Gasteiger partial charge in [-0.2, -0.15) is 4.98 Å². The van der Waals surface area contributed by atoms with Crippen molar-refractivity contribution < 1.29 is 40.1 Å². The summed E-state index contributed by atoms with van der Waals surface area (Å²) >= 11 is 0. The molecule has 12 heteroatoms. The molecule has 8 atom stereocenters. The summed E-state index contributed by atoms with van der Waals surface area (Å²) in [6.45, 7) is -1.14. The maximum atomic E-state index is 12.4. The number of anilines is 1. The van der Waals surface area contributed by atoms with E-state index in [2.05, 4.69) is 4.98 Å². The van der Waals surface area contributed by atoms with Gasteiger partial charge in [-0.15, -0.1) is 0 Å². The minimum absolute atomic E-state index is 0.117. The van der Waals surface area contributed by atoms with Gasteiger partial charge in [-0.3, -0.25) is 4.57 Å².